The van der Waals surface area contributed by atoms with Gasteiger partial charge in [-0.25, -0.2) is 9.18 Å². The smallest absolute Gasteiger partial charge is 0.349 e. The number of carbonyl (C=O) groups is 1. The van der Waals surface area contributed by atoms with Gasteiger partial charge in [0.2, 0.25) is 0 Å². The summed E-state index contributed by atoms with van der Waals surface area (Å²) in [7, 11) is 0. The van der Waals surface area contributed by atoms with Crippen LogP contribution in [0.1, 0.15) is 16.6 Å². The van der Waals surface area contributed by atoms with Gasteiger partial charge in [0.15, 0.2) is 0 Å². The largest absolute Gasteiger partial charge is 0.462 e. The maximum atomic E-state index is 13.1. The SMILES string of the molecule is CCOC(=O)c1sc2c(ccc(=O)n2-c2ccc(F)cc2)c1Br. The Kier molecular flexibility index (Phi) is 4.32. The zero-order valence-electron chi connectivity index (χ0n) is 12.0. The Hall–Kier alpha value is -1.99. The van der Waals surface area contributed by atoms with E-state index in [4.69, 9.17) is 4.74 Å². The molecule has 4 nitrogen and oxygen atoms in total. The molecule has 0 amide bonds. The van der Waals surface area contributed by atoms with Gasteiger partial charge < -0.3 is 4.74 Å². The van der Waals surface area contributed by atoms with E-state index < -0.39 is 5.97 Å². The summed E-state index contributed by atoms with van der Waals surface area (Å²) in [6.07, 6.45) is 0. The Balaban J connectivity index is 2.28. The van der Waals surface area contributed by atoms with Crippen LogP contribution in [0.25, 0.3) is 15.9 Å². The molecular weight excluding hydrogens is 385 g/mol. The highest BCUT2D eigenvalue weighted by atomic mass is 79.9. The predicted octanol–water partition coefficient (Wildman–Crippen LogP) is 4.13. The Morgan fingerprint density at radius 3 is 2.61 bits per heavy atom. The number of pyridine rings is 1. The number of halogens is 2. The van der Waals surface area contributed by atoms with Gasteiger partial charge in [0, 0.05) is 11.5 Å². The van der Waals surface area contributed by atoms with Crippen LogP contribution in [0.2, 0.25) is 0 Å². The van der Waals surface area contributed by atoms with Crippen LogP contribution in [0, 0.1) is 5.82 Å². The van der Waals surface area contributed by atoms with Gasteiger partial charge >= 0.3 is 5.97 Å². The van der Waals surface area contributed by atoms with Crippen LogP contribution in [0.15, 0.2) is 45.7 Å². The summed E-state index contributed by atoms with van der Waals surface area (Å²) in [4.78, 5) is 25.3. The molecule has 0 aliphatic rings. The first-order valence-electron chi connectivity index (χ1n) is 6.80. The van der Waals surface area contributed by atoms with Crippen LogP contribution in [-0.4, -0.2) is 17.1 Å². The number of fused-ring (bicyclic) bond motifs is 1. The molecule has 0 spiro atoms. The van der Waals surface area contributed by atoms with Gasteiger partial charge in [-0.15, -0.1) is 11.3 Å². The lowest BCUT2D eigenvalue weighted by Crippen LogP contribution is -2.16. The second kappa shape index (κ2) is 6.25. The average molecular weight is 396 g/mol. The molecule has 23 heavy (non-hydrogen) atoms. The number of esters is 1. The maximum absolute atomic E-state index is 13.1. The van der Waals surface area contributed by atoms with Gasteiger partial charge in [-0.2, -0.15) is 0 Å². The van der Waals surface area contributed by atoms with E-state index in [2.05, 4.69) is 15.9 Å². The molecule has 3 aromatic rings. The van der Waals surface area contributed by atoms with E-state index in [1.165, 1.54) is 34.9 Å². The first kappa shape index (κ1) is 15.9. The number of rotatable bonds is 3. The van der Waals surface area contributed by atoms with Crippen molar-refractivity contribution in [1.29, 1.82) is 0 Å². The van der Waals surface area contributed by atoms with E-state index in [0.29, 0.717) is 19.9 Å². The van der Waals surface area contributed by atoms with Crippen molar-refractivity contribution in [2.75, 3.05) is 6.61 Å². The van der Waals surface area contributed by atoms with E-state index in [-0.39, 0.29) is 18.0 Å². The molecule has 0 bridgehead atoms. The molecule has 0 aliphatic carbocycles. The number of aromatic nitrogens is 1. The topological polar surface area (TPSA) is 48.3 Å². The lowest BCUT2D eigenvalue weighted by molar-refractivity contribution is 0.0531. The molecule has 0 N–H and O–H groups in total. The monoisotopic (exact) mass is 395 g/mol. The standard InChI is InChI=1S/C16H11BrFNO3S/c1-2-22-16(21)14-13(17)11-7-8-12(20)19(15(11)23-14)10-5-3-9(18)4-6-10/h3-8H,2H2,1H3. The third kappa shape index (κ3) is 2.82. The summed E-state index contributed by atoms with van der Waals surface area (Å²) in [5.74, 6) is -0.827. The molecule has 0 saturated heterocycles. The summed E-state index contributed by atoms with van der Waals surface area (Å²) in [5, 5.41) is 0.724. The fourth-order valence-corrected chi connectivity index (χ4v) is 4.17. The highest BCUT2D eigenvalue weighted by Gasteiger charge is 2.20. The van der Waals surface area contributed by atoms with E-state index >= 15 is 0 Å². The zero-order valence-corrected chi connectivity index (χ0v) is 14.4. The molecule has 1 aromatic carbocycles. The van der Waals surface area contributed by atoms with E-state index in [1.54, 1.807) is 13.0 Å². The Morgan fingerprint density at radius 1 is 1.26 bits per heavy atom. The zero-order chi connectivity index (χ0) is 16.6. The second-order valence-electron chi connectivity index (χ2n) is 4.67. The maximum Gasteiger partial charge on any atom is 0.349 e. The minimum absolute atomic E-state index is 0.256. The number of nitrogens with zero attached hydrogens (tertiary/aromatic N) is 1. The van der Waals surface area contributed by atoms with Gasteiger partial charge in [-0.05, 0) is 53.2 Å². The first-order valence-corrected chi connectivity index (χ1v) is 8.41. The second-order valence-corrected chi connectivity index (χ2v) is 6.46. The lowest BCUT2D eigenvalue weighted by atomic mass is 10.2. The average Bonchev–Trinajstić information content (AvgIpc) is 2.86. The van der Waals surface area contributed by atoms with Crippen molar-refractivity contribution in [3.8, 4) is 5.69 Å². The summed E-state index contributed by atoms with van der Waals surface area (Å²) < 4.78 is 20.2. The summed E-state index contributed by atoms with van der Waals surface area (Å²) in [6.45, 7) is 2.00. The van der Waals surface area contributed by atoms with Gasteiger partial charge in [-0.1, -0.05) is 0 Å². The molecule has 3 rings (SSSR count). The van der Waals surface area contributed by atoms with Crippen LogP contribution < -0.4 is 5.56 Å². The quantitative estimate of drug-likeness (QED) is 0.626. The van der Waals surface area contributed by atoms with Crippen molar-refractivity contribution in [3.63, 3.8) is 0 Å². The van der Waals surface area contributed by atoms with Crippen molar-refractivity contribution in [2.45, 2.75) is 6.92 Å². The van der Waals surface area contributed by atoms with Crippen LogP contribution in [0.5, 0.6) is 0 Å². The van der Waals surface area contributed by atoms with Crippen molar-refractivity contribution < 1.29 is 13.9 Å². The molecule has 7 heteroatoms. The molecule has 0 radical (unpaired) electrons. The summed E-state index contributed by atoms with van der Waals surface area (Å²) in [5.41, 5.74) is 0.277. The molecule has 2 aromatic heterocycles. The van der Waals surface area contributed by atoms with Gasteiger partial charge in [0.25, 0.3) is 5.56 Å². The molecule has 0 unspecified atom stereocenters. The normalized spacial score (nSPS) is 10.9. The lowest BCUT2D eigenvalue weighted by Gasteiger charge is -2.06. The highest BCUT2D eigenvalue weighted by molar-refractivity contribution is 9.10. The third-order valence-electron chi connectivity index (χ3n) is 3.23. The van der Waals surface area contributed by atoms with E-state index in [1.807, 2.05) is 0 Å². The van der Waals surface area contributed by atoms with Crippen molar-refractivity contribution >= 4 is 43.5 Å². The summed E-state index contributed by atoms with van der Waals surface area (Å²) >= 11 is 4.56. The molecule has 118 valence electrons. The van der Waals surface area contributed by atoms with Gasteiger partial charge in [0.1, 0.15) is 15.5 Å². The Morgan fingerprint density at radius 2 is 1.96 bits per heavy atom. The number of benzene rings is 1. The van der Waals surface area contributed by atoms with Crippen molar-refractivity contribution in [3.05, 3.63) is 61.9 Å². The highest BCUT2D eigenvalue weighted by Crippen LogP contribution is 2.36. The van der Waals surface area contributed by atoms with E-state index in [0.717, 1.165) is 16.7 Å². The van der Waals surface area contributed by atoms with Crippen molar-refractivity contribution in [2.24, 2.45) is 0 Å². The first-order chi connectivity index (χ1) is 11.0. The van der Waals surface area contributed by atoms with Crippen molar-refractivity contribution in [1.82, 2.24) is 4.57 Å². The van der Waals surface area contributed by atoms with Crippen LogP contribution in [-0.2, 0) is 4.74 Å². The summed E-state index contributed by atoms with van der Waals surface area (Å²) in [6, 6.07) is 8.69. The number of hydrogen-bond acceptors (Lipinski definition) is 4. The van der Waals surface area contributed by atoms with E-state index in [9.17, 15) is 14.0 Å². The molecule has 0 atom stereocenters. The minimum atomic E-state index is -0.446. The van der Waals surface area contributed by atoms with Crippen LogP contribution in [0.4, 0.5) is 4.39 Å². The molecular formula is C16H11BrFNO3S. The van der Waals surface area contributed by atoms with Crippen LogP contribution >= 0.6 is 27.3 Å². The fraction of sp³-hybridized carbons (Fsp3) is 0.125. The molecule has 0 saturated carbocycles. The number of ether oxygens (including phenoxy) is 1. The number of thiophene rings is 1. The molecule has 0 fully saturated rings. The Bertz CT molecular complexity index is 946. The van der Waals surface area contributed by atoms with Gasteiger partial charge in [-0.3, -0.25) is 9.36 Å². The number of carbonyl (C=O) groups excluding carboxylic acids is 1. The predicted molar refractivity (Wildman–Crippen MR) is 91.0 cm³/mol. The number of hydrogen-bond donors (Lipinski definition) is 0. The third-order valence-corrected chi connectivity index (χ3v) is 5.48. The molecule has 2 heterocycles. The fourth-order valence-electron chi connectivity index (χ4n) is 2.22. The molecule has 0 aliphatic heterocycles. The van der Waals surface area contributed by atoms with Gasteiger partial charge in [0.05, 0.1) is 16.8 Å². The van der Waals surface area contributed by atoms with Crippen LogP contribution in [0.3, 0.4) is 0 Å². The Labute approximate surface area is 143 Å². The minimum Gasteiger partial charge on any atom is -0.462 e.